The molecule has 1 saturated heterocycles. The lowest BCUT2D eigenvalue weighted by Crippen LogP contribution is -2.52. The van der Waals surface area contributed by atoms with E-state index in [-0.39, 0.29) is 0 Å². The summed E-state index contributed by atoms with van der Waals surface area (Å²) in [6.07, 6.45) is 2.95. The summed E-state index contributed by atoms with van der Waals surface area (Å²) in [4.78, 5) is 9.36. The number of ether oxygens (including phenoxy) is 1. The molecule has 0 radical (unpaired) electrons. The number of hydrogen-bond donors (Lipinski definition) is 1. The molecule has 5 heteroatoms. The van der Waals surface area contributed by atoms with Gasteiger partial charge in [-0.2, -0.15) is 0 Å². The SMILES string of the molecule is COCCCNCC(C)N1CCN(c2ccccn2)CC1. The Bertz CT molecular complexity index is 379. The number of methoxy groups -OCH3 is 1. The van der Waals surface area contributed by atoms with E-state index < -0.39 is 0 Å². The molecule has 1 aliphatic rings. The summed E-state index contributed by atoms with van der Waals surface area (Å²) in [7, 11) is 1.75. The first-order valence-electron chi connectivity index (χ1n) is 7.91. The molecule has 1 aromatic rings. The lowest BCUT2D eigenvalue weighted by atomic mass is 10.2. The molecular weight excluding hydrogens is 264 g/mol. The summed E-state index contributed by atoms with van der Waals surface area (Å²) in [6, 6.07) is 6.70. The molecule has 2 heterocycles. The maximum absolute atomic E-state index is 5.06. The molecule has 118 valence electrons. The number of rotatable bonds is 8. The summed E-state index contributed by atoms with van der Waals surface area (Å²) >= 11 is 0. The monoisotopic (exact) mass is 292 g/mol. The molecule has 0 spiro atoms. The minimum Gasteiger partial charge on any atom is -0.385 e. The van der Waals surface area contributed by atoms with Crippen LogP contribution < -0.4 is 10.2 Å². The highest BCUT2D eigenvalue weighted by atomic mass is 16.5. The Morgan fingerprint density at radius 2 is 2.10 bits per heavy atom. The number of pyridine rings is 1. The smallest absolute Gasteiger partial charge is 0.128 e. The molecule has 1 fully saturated rings. The van der Waals surface area contributed by atoms with Crippen LogP contribution in [0.3, 0.4) is 0 Å². The zero-order valence-corrected chi connectivity index (χ0v) is 13.3. The molecule has 0 amide bonds. The summed E-state index contributed by atoms with van der Waals surface area (Å²) in [6.45, 7) is 9.56. The predicted octanol–water partition coefficient (Wildman–Crippen LogP) is 1.22. The number of piperazine rings is 1. The summed E-state index contributed by atoms with van der Waals surface area (Å²) in [5, 5.41) is 3.51. The van der Waals surface area contributed by atoms with Gasteiger partial charge in [0.05, 0.1) is 0 Å². The standard InChI is InChI=1S/C16H28N4O/c1-15(14-17-7-5-13-21-2)19-9-11-20(12-10-19)16-6-3-4-8-18-16/h3-4,6,8,15,17H,5,7,9-14H2,1-2H3. The third kappa shape index (κ3) is 5.26. The number of aromatic nitrogens is 1. The van der Waals surface area contributed by atoms with Crippen molar-refractivity contribution >= 4 is 5.82 Å². The van der Waals surface area contributed by atoms with Crippen molar-refractivity contribution in [1.82, 2.24) is 15.2 Å². The van der Waals surface area contributed by atoms with Crippen molar-refractivity contribution in [2.45, 2.75) is 19.4 Å². The van der Waals surface area contributed by atoms with Crippen LogP contribution in [0.4, 0.5) is 5.82 Å². The second-order valence-electron chi connectivity index (χ2n) is 5.61. The summed E-state index contributed by atoms with van der Waals surface area (Å²) in [5.74, 6) is 1.10. The summed E-state index contributed by atoms with van der Waals surface area (Å²) in [5.41, 5.74) is 0. The Morgan fingerprint density at radius 3 is 2.76 bits per heavy atom. The molecule has 0 aromatic carbocycles. The Hall–Kier alpha value is -1.17. The van der Waals surface area contributed by atoms with E-state index in [0.29, 0.717) is 6.04 Å². The van der Waals surface area contributed by atoms with Crippen LogP contribution in [0.25, 0.3) is 0 Å². The van der Waals surface area contributed by atoms with E-state index in [1.54, 1.807) is 7.11 Å². The van der Waals surface area contributed by atoms with Crippen molar-refractivity contribution in [3.63, 3.8) is 0 Å². The highest BCUT2D eigenvalue weighted by Crippen LogP contribution is 2.13. The number of hydrogen-bond acceptors (Lipinski definition) is 5. The minimum atomic E-state index is 0.582. The summed E-state index contributed by atoms with van der Waals surface area (Å²) < 4.78 is 5.06. The van der Waals surface area contributed by atoms with Gasteiger partial charge in [-0.1, -0.05) is 6.07 Å². The molecule has 5 nitrogen and oxygen atoms in total. The van der Waals surface area contributed by atoms with E-state index in [0.717, 1.165) is 58.1 Å². The highest BCUT2D eigenvalue weighted by Gasteiger charge is 2.21. The molecule has 2 rings (SSSR count). The first kappa shape index (κ1) is 16.2. The second kappa shape index (κ2) is 8.97. The third-order valence-electron chi connectivity index (χ3n) is 4.05. The number of anilines is 1. The van der Waals surface area contributed by atoms with Gasteiger partial charge in [-0.25, -0.2) is 4.98 Å². The second-order valence-corrected chi connectivity index (χ2v) is 5.61. The third-order valence-corrected chi connectivity index (χ3v) is 4.05. The van der Waals surface area contributed by atoms with E-state index in [4.69, 9.17) is 4.74 Å². The van der Waals surface area contributed by atoms with E-state index in [1.165, 1.54) is 0 Å². The molecule has 0 saturated carbocycles. The van der Waals surface area contributed by atoms with Crippen LogP contribution in [0, 0.1) is 0 Å². The van der Waals surface area contributed by atoms with Crippen LogP contribution in [-0.4, -0.2) is 68.9 Å². The van der Waals surface area contributed by atoms with Crippen LogP contribution in [0.15, 0.2) is 24.4 Å². The molecule has 1 unspecified atom stereocenters. The molecule has 0 aliphatic carbocycles. The Labute approximate surface area is 128 Å². The average Bonchev–Trinajstić information content (AvgIpc) is 2.55. The fourth-order valence-electron chi connectivity index (χ4n) is 2.71. The Balaban J connectivity index is 1.66. The van der Waals surface area contributed by atoms with Crippen molar-refractivity contribution in [1.29, 1.82) is 0 Å². The lowest BCUT2D eigenvalue weighted by molar-refractivity contribution is 0.182. The predicted molar refractivity (Wildman–Crippen MR) is 86.8 cm³/mol. The van der Waals surface area contributed by atoms with E-state index in [9.17, 15) is 0 Å². The maximum Gasteiger partial charge on any atom is 0.128 e. The maximum atomic E-state index is 5.06. The van der Waals surface area contributed by atoms with Gasteiger partial charge in [0.2, 0.25) is 0 Å². The largest absolute Gasteiger partial charge is 0.385 e. The topological polar surface area (TPSA) is 40.6 Å². The lowest BCUT2D eigenvalue weighted by Gasteiger charge is -2.38. The average molecular weight is 292 g/mol. The van der Waals surface area contributed by atoms with Gasteiger partial charge in [-0.3, -0.25) is 4.90 Å². The van der Waals surface area contributed by atoms with Gasteiger partial charge >= 0.3 is 0 Å². The fraction of sp³-hybridized carbons (Fsp3) is 0.688. The zero-order chi connectivity index (χ0) is 14.9. The van der Waals surface area contributed by atoms with Crippen LogP contribution in [0.1, 0.15) is 13.3 Å². The molecule has 0 bridgehead atoms. The quantitative estimate of drug-likeness (QED) is 0.730. The van der Waals surface area contributed by atoms with Gasteiger partial charge in [0.1, 0.15) is 5.82 Å². The van der Waals surface area contributed by atoms with Gasteiger partial charge in [0.25, 0.3) is 0 Å². The first-order valence-corrected chi connectivity index (χ1v) is 7.91. The normalized spacial score (nSPS) is 17.9. The van der Waals surface area contributed by atoms with Gasteiger partial charge in [-0.15, -0.1) is 0 Å². The van der Waals surface area contributed by atoms with Crippen LogP contribution in [-0.2, 0) is 4.74 Å². The van der Waals surface area contributed by atoms with Crippen molar-refractivity contribution in [3.05, 3.63) is 24.4 Å². The van der Waals surface area contributed by atoms with Crippen molar-refractivity contribution in [2.75, 3.05) is 57.9 Å². The molecule has 1 N–H and O–H groups in total. The van der Waals surface area contributed by atoms with Crippen LogP contribution >= 0.6 is 0 Å². The molecular formula is C16H28N4O. The van der Waals surface area contributed by atoms with E-state index in [2.05, 4.69) is 39.2 Å². The minimum absolute atomic E-state index is 0.582. The van der Waals surface area contributed by atoms with Crippen molar-refractivity contribution in [2.24, 2.45) is 0 Å². The fourth-order valence-corrected chi connectivity index (χ4v) is 2.71. The Kier molecular flexibility index (Phi) is 6.92. The number of nitrogens with one attached hydrogen (secondary N) is 1. The Morgan fingerprint density at radius 1 is 1.29 bits per heavy atom. The van der Waals surface area contributed by atoms with Gasteiger partial charge < -0.3 is 15.0 Å². The van der Waals surface area contributed by atoms with E-state index >= 15 is 0 Å². The van der Waals surface area contributed by atoms with Gasteiger partial charge in [0, 0.05) is 58.7 Å². The molecule has 21 heavy (non-hydrogen) atoms. The van der Waals surface area contributed by atoms with Crippen molar-refractivity contribution < 1.29 is 4.74 Å². The molecule has 1 aliphatic heterocycles. The van der Waals surface area contributed by atoms with Gasteiger partial charge in [-0.05, 0) is 32.0 Å². The number of nitrogens with zero attached hydrogens (tertiary/aromatic N) is 3. The van der Waals surface area contributed by atoms with Gasteiger partial charge in [0.15, 0.2) is 0 Å². The molecule has 1 atom stereocenters. The zero-order valence-electron chi connectivity index (χ0n) is 13.3. The van der Waals surface area contributed by atoms with Crippen LogP contribution in [0.2, 0.25) is 0 Å². The highest BCUT2D eigenvalue weighted by molar-refractivity contribution is 5.38. The first-order chi connectivity index (χ1) is 10.3. The van der Waals surface area contributed by atoms with E-state index in [1.807, 2.05) is 12.3 Å². The van der Waals surface area contributed by atoms with Crippen molar-refractivity contribution in [3.8, 4) is 0 Å². The van der Waals surface area contributed by atoms with Crippen LogP contribution in [0.5, 0.6) is 0 Å². The molecule has 1 aromatic heterocycles.